The van der Waals surface area contributed by atoms with E-state index >= 15 is 0 Å². The van der Waals surface area contributed by atoms with Gasteiger partial charge in [0.2, 0.25) is 11.9 Å². The average Bonchev–Trinajstić information content (AvgIpc) is 2.45. The van der Waals surface area contributed by atoms with Gasteiger partial charge in [-0.2, -0.15) is 0 Å². The van der Waals surface area contributed by atoms with Crippen molar-refractivity contribution in [2.24, 2.45) is 0 Å². The molecule has 116 valence electrons. The van der Waals surface area contributed by atoms with Crippen LogP contribution in [-0.4, -0.2) is 27.5 Å². The summed E-state index contributed by atoms with van der Waals surface area (Å²) in [4.78, 5) is 20.4. The molecule has 0 saturated heterocycles. The van der Waals surface area contributed by atoms with Crippen LogP contribution >= 0.6 is 0 Å². The van der Waals surface area contributed by atoms with E-state index in [2.05, 4.69) is 20.6 Å². The number of amides is 1. The zero-order valence-corrected chi connectivity index (χ0v) is 12.8. The van der Waals surface area contributed by atoms with Crippen LogP contribution in [0.1, 0.15) is 24.2 Å². The molecular formula is C16H20N4O2. The van der Waals surface area contributed by atoms with Gasteiger partial charge in [0.1, 0.15) is 5.75 Å². The summed E-state index contributed by atoms with van der Waals surface area (Å²) in [6.07, 6.45) is 1.00. The van der Waals surface area contributed by atoms with Crippen LogP contribution in [0.3, 0.4) is 0 Å². The maximum Gasteiger partial charge on any atom is 0.224 e. The van der Waals surface area contributed by atoms with E-state index in [1.54, 1.807) is 18.2 Å². The fourth-order valence-electron chi connectivity index (χ4n) is 2.05. The second-order valence-electron chi connectivity index (χ2n) is 5.07. The lowest BCUT2D eigenvalue weighted by atomic mass is 10.2. The highest BCUT2D eigenvalue weighted by Crippen LogP contribution is 2.21. The molecule has 2 aromatic rings. The van der Waals surface area contributed by atoms with E-state index in [0.29, 0.717) is 31.0 Å². The topological polar surface area (TPSA) is 87.1 Å². The van der Waals surface area contributed by atoms with Crippen molar-refractivity contribution >= 4 is 17.5 Å². The Morgan fingerprint density at radius 2 is 1.86 bits per heavy atom. The molecule has 0 spiro atoms. The molecular weight excluding hydrogens is 280 g/mol. The van der Waals surface area contributed by atoms with Gasteiger partial charge in [-0.15, -0.1) is 0 Å². The zero-order chi connectivity index (χ0) is 15.9. The van der Waals surface area contributed by atoms with Gasteiger partial charge in [-0.3, -0.25) is 4.79 Å². The number of para-hydroxylation sites is 2. The van der Waals surface area contributed by atoms with Crippen molar-refractivity contribution in [2.75, 3.05) is 17.2 Å². The number of aromatic hydroxyl groups is 1. The predicted octanol–water partition coefficient (Wildman–Crippen LogP) is 2.63. The number of hydrogen-bond donors (Lipinski definition) is 3. The molecule has 0 bridgehead atoms. The Labute approximate surface area is 129 Å². The number of aromatic nitrogens is 2. The number of aryl methyl sites for hydroxylation is 2. The summed E-state index contributed by atoms with van der Waals surface area (Å²) < 4.78 is 0. The first-order chi connectivity index (χ1) is 10.5. The molecule has 0 aliphatic rings. The summed E-state index contributed by atoms with van der Waals surface area (Å²) in [5.74, 6) is 0.515. The van der Waals surface area contributed by atoms with E-state index < -0.39 is 0 Å². The lowest BCUT2D eigenvalue weighted by Gasteiger charge is -2.08. The standard InChI is InChI=1S/C16H20N4O2/c1-11-10-12(2)19-16(18-11)17-9-5-8-15(22)20-13-6-3-4-7-14(13)21/h3-4,6-7,10,21H,5,8-9H2,1-2H3,(H,20,22)(H,17,18,19). The van der Waals surface area contributed by atoms with Gasteiger partial charge < -0.3 is 15.7 Å². The largest absolute Gasteiger partial charge is 0.506 e. The quantitative estimate of drug-likeness (QED) is 0.564. The van der Waals surface area contributed by atoms with Gasteiger partial charge in [0, 0.05) is 24.4 Å². The summed E-state index contributed by atoms with van der Waals surface area (Å²) in [5.41, 5.74) is 2.25. The normalized spacial score (nSPS) is 10.3. The van der Waals surface area contributed by atoms with Gasteiger partial charge in [0.15, 0.2) is 0 Å². The van der Waals surface area contributed by atoms with Crippen molar-refractivity contribution in [1.29, 1.82) is 0 Å². The third-order valence-electron chi connectivity index (χ3n) is 3.02. The number of benzene rings is 1. The maximum atomic E-state index is 11.8. The van der Waals surface area contributed by atoms with Gasteiger partial charge in [0.05, 0.1) is 5.69 Å². The van der Waals surface area contributed by atoms with Gasteiger partial charge >= 0.3 is 0 Å². The van der Waals surface area contributed by atoms with Crippen LogP contribution in [0, 0.1) is 13.8 Å². The average molecular weight is 300 g/mol. The third kappa shape index (κ3) is 4.73. The number of carbonyl (C=O) groups excluding carboxylic acids is 1. The van der Waals surface area contributed by atoms with Crippen molar-refractivity contribution in [3.8, 4) is 5.75 Å². The molecule has 22 heavy (non-hydrogen) atoms. The van der Waals surface area contributed by atoms with Gasteiger partial charge in [0.25, 0.3) is 0 Å². The van der Waals surface area contributed by atoms with E-state index in [-0.39, 0.29) is 11.7 Å². The molecule has 0 radical (unpaired) electrons. The first-order valence-corrected chi connectivity index (χ1v) is 7.18. The van der Waals surface area contributed by atoms with Crippen molar-refractivity contribution < 1.29 is 9.90 Å². The molecule has 6 heteroatoms. The summed E-state index contributed by atoms with van der Waals surface area (Å²) in [6.45, 7) is 4.44. The molecule has 1 heterocycles. The number of nitrogens with zero attached hydrogens (tertiary/aromatic N) is 2. The van der Waals surface area contributed by atoms with E-state index in [0.717, 1.165) is 11.4 Å². The van der Waals surface area contributed by atoms with Gasteiger partial charge in [-0.1, -0.05) is 12.1 Å². The number of nitrogens with one attached hydrogen (secondary N) is 2. The van der Waals surface area contributed by atoms with Gasteiger partial charge in [-0.25, -0.2) is 9.97 Å². The monoisotopic (exact) mass is 300 g/mol. The second kappa shape index (κ2) is 7.40. The van der Waals surface area contributed by atoms with Crippen molar-refractivity contribution in [2.45, 2.75) is 26.7 Å². The summed E-state index contributed by atoms with van der Waals surface area (Å²) in [7, 11) is 0. The number of phenolic OH excluding ortho intramolecular Hbond substituents is 1. The summed E-state index contributed by atoms with van der Waals surface area (Å²) >= 11 is 0. The molecule has 0 saturated carbocycles. The van der Waals surface area contributed by atoms with Crippen LogP contribution in [-0.2, 0) is 4.79 Å². The molecule has 0 aliphatic heterocycles. The maximum absolute atomic E-state index is 11.8. The fraction of sp³-hybridized carbons (Fsp3) is 0.312. The minimum Gasteiger partial charge on any atom is -0.506 e. The van der Waals surface area contributed by atoms with Crippen molar-refractivity contribution in [3.05, 3.63) is 41.7 Å². The SMILES string of the molecule is Cc1cc(C)nc(NCCCC(=O)Nc2ccccc2O)n1. The molecule has 1 aromatic carbocycles. The van der Waals surface area contributed by atoms with Gasteiger partial charge in [-0.05, 0) is 38.5 Å². The molecule has 2 rings (SSSR count). The molecule has 1 aromatic heterocycles. The predicted molar refractivity (Wildman–Crippen MR) is 86.0 cm³/mol. The second-order valence-corrected chi connectivity index (χ2v) is 5.07. The summed E-state index contributed by atoms with van der Waals surface area (Å²) in [6, 6.07) is 8.57. The molecule has 3 N–H and O–H groups in total. The Kier molecular flexibility index (Phi) is 5.30. The van der Waals surface area contributed by atoms with Crippen LogP contribution in [0.4, 0.5) is 11.6 Å². The van der Waals surface area contributed by atoms with Crippen LogP contribution in [0.5, 0.6) is 5.75 Å². The molecule has 0 atom stereocenters. The number of rotatable bonds is 6. The van der Waals surface area contributed by atoms with Crippen molar-refractivity contribution in [1.82, 2.24) is 9.97 Å². The summed E-state index contributed by atoms with van der Waals surface area (Å²) in [5, 5.41) is 15.4. The lowest BCUT2D eigenvalue weighted by molar-refractivity contribution is -0.116. The highest BCUT2D eigenvalue weighted by Gasteiger charge is 2.05. The molecule has 0 fully saturated rings. The number of anilines is 2. The van der Waals surface area contributed by atoms with Crippen LogP contribution in [0.25, 0.3) is 0 Å². The fourth-order valence-corrected chi connectivity index (χ4v) is 2.05. The molecule has 1 amide bonds. The number of hydrogen-bond acceptors (Lipinski definition) is 5. The minimum atomic E-state index is -0.135. The zero-order valence-electron chi connectivity index (χ0n) is 12.8. The molecule has 0 unspecified atom stereocenters. The van der Waals surface area contributed by atoms with Crippen LogP contribution in [0.2, 0.25) is 0 Å². The highest BCUT2D eigenvalue weighted by molar-refractivity contribution is 5.92. The highest BCUT2D eigenvalue weighted by atomic mass is 16.3. The Morgan fingerprint density at radius 1 is 1.18 bits per heavy atom. The van der Waals surface area contributed by atoms with Crippen LogP contribution in [0.15, 0.2) is 30.3 Å². The third-order valence-corrected chi connectivity index (χ3v) is 3.02. The molecule has 6 nitrogen and oxygen atoms in total. The van der Waals surface area contributed by atoms with E-state index in [4.69, 9.17) is 0 Å². The number of phenols is 1. The first kappa shape index (κ1) is 15.8. The minimum absolute atomic E-state index is 0.0672. The molecule has 0 aliphatic carbocycles. The Balaban J connectivity index is 1.74. The Morgan fingerprint density at radius 3 is 2.55 bits per heavy atom. The van der Waals surface area contributed by atoms with E-state index in [9.17, 15) is 9.90 Å². The van der Waals surface area contributed by atoms with Crippen molar-refractivity contribution in [3.63, 3.8) is 0 Å². The smallest absolute Gasteiger partial charge is 0.224 e. The van der Waals surface area contributed by atoms with E-state index in [1.165, 1.54) is 6.07 Å². The van der Waals surface area contributed by atoms with E-state index in [1.807, 2.05) is 19.9 Å². The Bertz CT molecular complexity index is 638. The lowest BCUT2D eigenvalue weighted by Crippen LogP contribution is -2.14. The Hall–Kier alpha value is -2.63. The number of carbonyl (C=O) groups is 1. The first-order valence-electron chi connectivity index (χ1n) is 7.18. The van der Waals surface area contributed by atoms with Crippen LogP contribution < -0.4 is 10.6 Å².